The van der Waals surface area contributed by atoms with E-state index < -0.39 is 16.0 Å². The number of nitrogens with zero attached hydrogens (tertiary/aromatic N) is 6. The lowest BCUT2D eigenvalue weighted by atomic mass is 10.1. The fourth-order valence-corrected chi connectivity index (χ4v) is 4.97. The van der Waals surface area contributed by atoms with Crippen LogP contribution in [0.5, 0.6) is 5.75 Å². The van der Waals surface area contributed by atoms with Gasteiger partial charge in [0.15, 0.2) is 0 Å². The lowest BCUT2D eigenvalue weighted by Gasteiger charge is -2.30. The number of imidazole rings is 2. The van der Waals surface area contributed by atoms with Crippen LogP contribution in [0.3, 0.4) is 0 Å². The van der Waals surface area contributed by atoms with Crippen LogP contribution >= 0.6 is 35.1 Å². The van der Waals surface area contributed by atoms with E-state index in [9.17, 15) is 0 Å². The summed E-state index contributed by atoms with van der Waals surface area (Å²) in [7, 11) is 0. The van der Waals surface area contributed by atoms with Crippen LogP contribution in [0.1, 0.15) is 5.56 Å². The molecule has 224 valence electrons. The number of ether oxygens (including phenoxy) is 3. The van der Waals surface area contributed by atoms with Gasteiger partial charge in [0.1, 0.15) is 24.8 Å². The molecular formula is C24H24Cl2N6O9S. The number of hydrogen-bond donors (Lipinski definition) is 2. The zero-order valence-electron chi connectivity index (χ0n) is 21.7. The first-order valence-corrected chi connectivity index (χ1v) is 13.7. The second-order valence-corrected chi connectivity index (χ2v) is 9.86. The van der Waals surface area contributed by atoms with E-state index in [1.54, 1.807) is 42.9 Å². The van der Waals surface area contributed by atoms with Crippen molar-refractivity contribution in [3.05, 3.63) is 110 Å². The minimum Gasteiger partial charge on any atom is -0.491 e. The molecule has 3 heterocycles. The highest BCUT2D eigenvalue weighted by Crippen LogP contribution is 2.40. The first-order valence-electron chi connectivity index (χ1n) is 11.7. The van der Waals surface area contributed by atoms with Crippen molar-refractivity contribution < 1.29 is 34.8 Å². The number of benzene rings is 2. The van der Waals surface area contributed by atoms with Crippen molar-refractivity contribution in [3.63, 3.8) is 0 Å². The minimum absolute atomic E-state index is 0.284. The summed E-state index contributed by atoms with van der Waals surface area (Å²) >= 11 is 14.2. The number of halogens is 2. The van der Waals surface area contributed by atoms with E-state index in [4.69, 9.17) is 68.1 Å². The molecule has 1 aliphatic rings. The molecule has 1 saturated heterocycles. The average molecular weight is 643 g/mol. The highest BCUT2D eigenvalue weighted by Gasteiger charge is 2.45. The Hall–Kier alpha value is -4.09. The third kappa shape index (κ3) is 9.22. The fraction of sp³-hybridized carbons (Fsp3) is 0.250. The quantitative estimate of drug-likeness (QED) is 0.197. The van der Waals surface area contributed by atoms with Crippen molar-refractivity contribution in [2.24, 2.45) is 0 Å². The largest absolute Gasteiger partial charge is 0.491 e. The SMILES string of the molecule is CSn1cncc1-c1ccc(OCC2COC(Cn3ccnc3)(c3ccc(Cl)cc3Cl)O2)cc1.O=[N+]([O-])O.O=[N+]([O-])O. The standard InChI is InChI=1S/C24H22Cl2N4O3S.2HNO3/c1-34-30-16-28-11-23(30)17-2-5-19(6-3-17)31-12-20-13-32-24(33-20,14-29-9-8-27-15-29)21-7-4-18(25)10-22(21)26;2*2-1(3)4/h2-11,15-16,20H,12-14H2,1H3;2*(H,2,3,4). The third-order valence-electron chi connectivity index (χ3n) is 5.54. The van der Waals surface area contributed by atoms with E-state index in [0.717, 1.165) is 17.0 Å². The summed E-state index contributed by atoms with van der Waals surface area (Å²) in [5.74, 6) is -0.324. The topological polar surface area (TPSA) is 190 Å². The molecule has 15 nitrogen and oxygen atoms in total. The number of hydrogen-bond acceptors (Lipinski definition) is 10. The van der Waals surface area contributed by atoms with E-state index in [1.807, 2.05) is 57.5 Å². The lowest BCUT2D eigenvalue weighted by Crippen LogP contribution is -2.34. The summed E-state index contributed by atoms with van der Waals surface area (Å²) in [6.45, 7) is 1.08. The maximum absolute atomic E-state index is 8.36. The van der Waals surface area contributed by atoms with Gasteiger partial charge in [-0.2, -0.15) is 0 Å². The molecule has 0 saturated carbocycles. The van der Waals surface area contributed by atoms with Gasteiger partial charge in [0.25, 0.3) is 10.2 Å². The minimum atomic E-state index is -1.50. The molecule has 1 aliphatic heterocycles. The molecule has 0 amide bonds. The van der Waals surface area contributed by atoms with Crippen LogP contribution in [0.4, 0.5) is 0 Å². The Morgan fingerprint density at radius 1 is 1.12 bits per heavy atom. The first-order chi connectivity index (χ1) is 20.0. The molecule has 0 aliphatic carbocycles. The van der Waals surface area contributed by atoms with E-state index in [-0.39, 0.29) is 6.10 Å². The maximum Gasteiger partial charge on any atom is 0.291 e. The summed E-state index contributed by atoms with van der Waals surface area (Å²) in [4.78, 5) is 25.1. The summed E-state index contributed by atoms with van der Waals surface area (Å²) in [6.07, 6.45) is 10.6. The molecule has 0 radical (unpaired) electrons. The monoisotopic (exact) mass is 642 g/mol. The number of aromatic nitrogens is 4. The third-order valence-corrected chi connectivity index (χ3v) is 6.77. The van der Waals surface area contributed by atoms with Crippen molar-refractivity contribution in [3.8, 4) is 17.0 Å². The molecule has 2 unspecified atom stereocenters. The average Bonchev–Trinajstić information content (AvgIpc) is 3.69. The second-order valence-electron chi connectivity index (χ2n) is 8.26. The van der Waals surface area contributed by atoms with Gasteiger partial charge in [-0.15, -0.1) is 20.2 Å². The molecule has 5 rings (SSSR count). The van der Waals surface area contributed by atoms with Gasteiger partial charge in [0.2, 0.25) is 5.79 Å². The van der Waals surface area contributed by atoms with Gasteiger partial charge in [-0.25, -0.2) is 9.97 Å². The Bertz CT molecular complexity index is 1440. The van der Waals surface area contributed by atoms with Crippen molar-refractivity contribution in [1.29, 1.82) is 0 Å². The van der Waals surface area contributed by atoms with Gasteiger partial charge in [0.05, 0.1) is 36.4 Å². The normalized spacial score (nSPS) is 17.4. The molecular weight excluding hydrogens is 619 g/mol. The van der Waals surface area contributed by atoms with E-state index >= 15 is 0 Å². The predicted octanol–water partition coefficient (Wildman–Crippen LogP) is 4.83. The highest BCUT2D eigenvalue weighted by atomic mass is 35.5. The Morgan fingerprint density at radius 3 is 2.40 bits per heavy atom. The summed E-state index contributed by atoms with van der Waals surface area (Å²) in [5.41, 5.74) is 2.82. The van der Waals surface area contributed by atoms with Crippen LogP contribution in [0.25, 0.3) is 11.3 Å². The Morgan fingerprint density at radius 2 is 1.81 bits per heavy atom. The van der Waals surface area contributed by atoms with E-state index in [2.05, 4.69) is 9.97 Å². The Kier molecular flexibility index (Phi) is 11.8. The van der Waals surface area contributed by atoms with Gasteiger partial charge in [-0.05, 0) is 48.3 Å². The van der Waals surface area contributed by atoms with Gasteiger partial charge in [-0.1, -0.05) is 29.3 Å². The summed E-state index contributed by atoms with van der Waals surface area (Å²) < 4.78 is 22.6. The smallest absolute Gasteiger partial charge is 0.291 e. The van der Waals surface area contributed by atoms with Crippen LogP contribution in [-0.4, -0.2) is 64.7 Å². The summed E-state index contributed by atoms with van der Waals surface area (Å²) in [6, 6.07) is 13.2. The van der Waals surface area contributed by atoms with Crippen LogP contribution < -0.4 is 4.74 Å². The van der Waals surface area contributed by atoms with Crippen LogP contribution in [0.2, 0.25) is 10.0 Å². The number of rotatable bonds is 8. The molecule has 42 heavy (non-hydrogen) atoms. The molecule has 4 aromatic rings. The molecule has 0 bridgehead atoms. The first kappa shape index (κ1) is 32.4. The zero-order valence-corrected chi connectivity index (χ0v) is 24.1. The van der Waals surface area contributed by atoms with Crippen molar-refractivity contribution in [2.45, 2.75) is 18.4 Å². The molecule has 1 fully saturated rings. The van der Waals surface area contributed by atoms with Gasteiger partial charge in [0, 0.05) is 34.8 Å². The Balaban J connectivity index is 0.000000540. The lowest BCUT2D eigenvalue weighted by molar-refractivity contribution is -0.742. The van der Waals surface area contributed by atoms with Crippen molar-refractivity contribution >= 4 is 35.1 Å². The van der Waals surface area contributed by atoms with Crippen molar-refractivity contribution in [2.75, 3.05) is 19.5 Å². The molecule has 0 spiro atoms. The summed E-state index contributed by atoms with van der Waals surface area (Å²) in [5, 5.41) is 28.3. The molecule has 2 aromatic carbocycles. The molecule has 2 aromatic heterocycles. The van der Waals surface area contributed by atoms with E-state index in [1.165, 1.54) is 0 Å². The zero-order chi connectivity index (χ0) is 30.7. The molecule has 18 heteroatoms. The highest BCUT2D eigenvalue weighted by molar-refractivity contribution is 7.97. The van der Waals surface area contributed by atoms with Crippen LogP contribution in [0.15, 0.2) is 73.7 Å². The maximum atomic E-state index is 8.36. The predicted molar refractivity (Wildman–Crippen MR) is 151 cm³/mol. The molecule has 2 N–H and O–H groups in total. The van der Waals surface area contributed by atoms with Crippen molar-refractivity contribution in [1.82, 2.24) is 18.5 Å². The molecule has 2 atom stereocenters. The van der Waals surface area contributed by atoms with E-state index in [0.29, 0.717) is 35.4 Å². The second kappa shape index (κ2) is 15.2. The Labute approximate surface area is 252 Å². The van der Waals surface area contributed by atoms with Gasteiger partial charge >= 0.3 is 0 Å². The van der Waals surface area contributed by atoms with Crippen LogP contribution in [0, 0.1) is 20.2 Å². The van der Waals surface area contributed by atoms with Crippen LogP contribution in [-0.2, 0) is 21.8 Å². The van der Waals surface area contributed by atoms with Gasteiger partial charge in [-0.3, -0.25) is 3.97 Å². The fourth-order valence-electron chi connectivity index (χ4n) is 3.92. The van der Waals surface area contributed by atoms with Gasteiger partial charge < -0.3 is 29.2 Å².